The number of rotatable bonds is 6. The van der Waals surface area contributed by atoms with Crippen LogP contribution < -0.4 is 10.1 Å². The molecule has 3 aromatic rings. The van der Waals surface area contributed by atoms with Crippen molar-refractivity contribution in [3.8, 4) is 5.75 Å². The zero-order chi connectivity index (χ0) is 17.1. The first-order chi connectivity index (χ1) is 11.5. The molecule has 3 aromatic heterocycles. The lowest BCUT2D eigenvalue weighted by Gasteiger charge is -2.11. The van der Waals surface area contributed by atoms with E-state index in [2.05, 4.69) is 25.1 Å². The van der Waals surface area contributed by atoms with Gasteiger partial charge in [-0.2, -0.15) is 13.9 Å². The Balaban J connectivity index is 1.77. The molecule has 0 amide bonds. The van der Waals surface area contributed by atoms with Gasteiger partial charge in [0, 0.05) is 30.4 Å². The maximum absolute atomic E-state index is 12.4. The summed E-state index contributed by atoms with van der Waals surface area (Å²) >= 11 is 0. The molecule has 0 aliphatic rings. The Kier molecular flexibility index (Phi) is 4.54. The second kappa shape index (κ2) is 6.77. The van der Waals surface area contributed by atoms with Crippen LogP contribution in [-0.4, -0.2) is 26.4 Å². The first-order valence-corrected chi connectivity index (χ1v) is 7.50. The smallest absolute Gasteiger partial charge is 0.387 e. The zero-order valence-corrected chi connectivity index (χ0v) is 13.3. The molecule has 0 radical (unpaired) electrons. The van der Waals surface area contributed by atoms with Crippen LogP contribution in [0.15, 0.2) is 36.8 Å². The topological polar surface area (TPSA) is 64.9 Å². The van der Waals surface area contributed by atoms with Gasteiger partial charge in [-0.15, -0.1) is 0 Å². The monoisotopic (exact) mass is 333 g/mol. The van der Waals surface area contributed by atoms with Crippen LogP contribution in [0.3, 0.4) is 0 Å². The van der Waals surface area contributed by atoms with E-state index in [4.69, 9.17) is 0 Å². The van der Waals surface area contributed by atoms with Crippen molar-refractivity contribution in [1.29, 1.82) is 0 Å². The van der Waals surface area contributed by atoms with Crippen molar-refractivity contribution in [3.05, 3.63) is 42.4 Å². The number of nitrogens with one attached hydrogen (secondary N) is 1. The quantitative estimate of drug-likeness (QED) is 0.746. The fraction of sp³-hybridized carbons (Fsp3) is 0.312. The normalized spacial score (nSPS) is 11.4. The number of ether oxygens (including phenoxy) is 1. The first kappa shape index (κ1) is 16.1. The van der Waals surface area contributed by atoms with Crippen LogP contribution in [-0.2, 0) is 6.54 Å². The average Bonchev–Trinajstić information content (AvgIpc) is 2.97. The average molecular weight is 333 g/mol. The molecule has 3 heterocycles. The van der Waals surface area contributed by atoms with Crippen molar-refractivity contribution in [2.24, 2.45) is 0 Å². The Hall–Kier alpha value is -2.77. The predicted molar refractivity (Wildman–Crippen MR) is 86.1 cm³/mol. The zero-order valence-electron chi connectivity index (χ0n) is 13.3. The summed E-state index contributed by atoms with van der Waals surface area (Å²) in [5.74, 6) is 0.268. The van der Waals surface area contributed by atoms with Crippen LogP contribution >= 0.6 is 0 Å². The van der Waals surface area contributed by atoms with Gasteiger partial charge in [0.1, 0.15) is 0 Å². The van der Waals surface area contributed by atoms with Crippen LogP contribution in [0.1, 0.15) is 25.5 Å². The van der Waals surface area contributed by atoms with Crippen LogP contribution in [0.5, 0.6) is 5.75 Å². The summed E-state index contributed by atoms with van der Waals surface area (Å²) in [5, 5.41) is 8.24. The maximum Gasteiger partial charge on any atom is 0.387 e. The van der Waals surface area contributed by atoms with Gasteiger partial charge in [-0.25, -0.2) is 14.6 Å². The lowest BCUT2D eigenvalue weighted by molar-refractivity contribution is -0.0495. The van der Waals surface area contributed by atoms with Crippen LogP contribution in [0.2, 0.25) is 0 Å². The maximum atomic E-state index is 12.4. The molecule has 0 bridgehead atoms. The Bertz CT molecular complexity index is 834. The van der Waals surface area contributed by atoms with Gasteiger partial charge in [0.2, 0.25) is 0 Å². The Morgan fingerprint density at radius 3 is 2.83 bits per heavy atom. The molecule has 126 valence electrons. The van der Waals surface area contributed by atoms with E-state index in [9.17, 15) is 8.78 Å². The highest BCUT2D eigenvalue weighted by molar-refractivity contribution is 5.75. The molecule has 1 N–H and O–H groups in total. The number of halogens is 2. The molecule has 0 aromatic carbocycles. The van der Waals surface area contributed by atoms with Gasteiger partial charge in [-0.1, -0.05) is 0 Å². The van der Waals surface area contributed by atoms with Crippen molar-refractivity contribution in [1.82, 2.24) is 19.7 Å². The number of fused-ring (bicyclic) bond motifs is 1. The summed E-state index contributed by atoms with van der Waals surface area (Å²) in [4.78, 5) is 8.46. The van der Waals surface area contributed by atoms with Gasteiger partial charge < -0.3 is 10.1 Å². The summed E-state index contributed by atoms with van der Waals surface area (Å²) in [5.41, 5.74) is 1.70. The fourth-order valence-electron chi connectivity index (χ4n) is 2.36. The minimum absolute atomic E-state index is 0.00849. The SMILES string of the molecule is CC(C)n1ncc2cc(CNc3ncccc3OC(F)F)cnc21. The highest BCUT2D eigenvalue weighted by Gasteiger charge is 2.11. The lowest BCUT2D eigenvalue weighted by atomic mass is 10.2. The predicted octanol–water partition coefficient (Wildman–Crippen LogP) is 3.62. The van der Waals surface area contributed by atoms with Crippen LogP contribution in [0.25, 0.3) is 11.0 Å². The molecule has 0 spiro atoms. The summed E-state index contributed by atoms with van der Waals surface area (Å²) in [7, 11) is 0. The summed E-state index contributed by atoms with van der Waals surface area (Å²) in [6.45, 7) is 1.56. The summed E-state index contributed by atoms with van der Waals surface area (Å²) in [6.07, 6.45) is 5.00. The van der Waals surface area contributed by atoms with Gasteiger partial charge in [0.25, 0.3) is 0 Å². The van der Waals surface area contributed by atoms with E-state index < -0.39 is 6.61 Å². The molecule has 0 saturated heterocycles. The second-order valence-electron chi connectivity index (χ2n) is 5.52. The third-order valence-electron chi connectivity index (χ3n) is 3.43. The minimum Gasteiger partial charge on any atom is -0.431 e. The molecule has 0 saturated carbocycles. The molecule has 0 atom stereocenters. The molecule has 0 unspecified atom stereocenters. The third kappa shape index (κ3) is 3.42. The lowest BCUT2D eigenvalue weighted by Crippen LogP contribution is -2.08. The molecule has 8 heteroatoms. The van der Waals surface area contributed by atoms with E-state index in [1.807, 2.05) is 24.6 Å². The number of hydrogen-bond donors (Lipinski definition) is 1. The van der Waals surface area contributed by atoms with E-state index in [1.165, 1.54) is 18.3 Å². The minimum atomic E-state index is -2.89. The van der Waals surface area contributed by atoms with Crippen molar-refractivity contribution in [3.63, 3.8) is 0 Å². The van der Waals surface area contributed by atoms with Gasteiger partial charge >= 0.3 is 6.61 Å². The number of alkyl halides is 2. The van der Waals surface area contributed by atoms with Gasteiger partial charge in [-0.3, -0.25) is 0 Å². The second-order valence-corrected chi connectivity index (χ2v) is 5.52. The summed E-state index contributed by atoms with van der Waals surface area (Å²) < 4.78 is 31.1. The Morgan fingerprint density at radius 2 is 2.08 bits per heavy atom. The van der Waals surface area contributed by atoms with E-state index in [0.29, 0.717) is 6.54 Å². The summed E-state index contributed by atoms with van der Waals surface area (Å²) in [6, 6.07) is 5.16. The van der Waals surface area contributed by atoms with Crippen LogP contribution in [0, 0.1) is 0 Å². The van der Waals surface area contributed by atoms with Crippen molar-refractivity contribution in [2.75, 3.05) is 5.32 Å². The highest BCUT2D eigenvalue weighted by atomic mass is 19.3. The Labute approximate surface area is 137 Å². The van der Waals surface area contributed by atoms with Crippen molar-refractivity contribution >= 4 is 16.9 Å². The van der Waals surface area contributed by atoms with E-state index in [0.717, 1.165) is 16.6 Å². The van der Waals surface area contributed by atoms with Gasteiger partial charge in [0.05, 0.1) is 6.20 Å². The first-order valence-electron chi connectivity index (χ1n) is 7.50. The molecule has 0 fully saturated rings. The molecule has 0 aliphatic heterocycles. The van der Waals surface area contributed by atoms with Gasteiger partial charge in [0.15, 0.2) is 17.2 Å². The van der Waals surface area contributed by atoms with Gasteiger partial charge in [-0.05, 0) is 37.6 Å². The molecule has 0 aliphatic carbocycles. The number of nitrogens with zero attached hydrogens (tertiary/aromatic N) is 4. The number of hydrogen-bond acceptors (Lipinski definition) is 5. The van der Waals surface area contributed by atoms with E-state index >= 15 is 0 Å². The molecule has 6 nitrogen and oxygen atoms in total. The standard InChI is InChI=1S/C16H17F2N5O/c1-10(2)23-15-12(9-22-23)6-11(8-21-15)7-20-14-13(24-16(17)18)4-3-5-19-14/h3-6,8-10,16H,7H2,1-2H3,(H,19,20). The molecule has 24 heavy (non-hydrogen) atoms. The number of pyridine rings is 2. The molecule has 3 rings (SSSR count). The van der Waals surface area contributed by atoms with Crippen LogP contribution in [0.4, 0.5) is 14.6 Å². The Morgan fingerprint density at radius 1 is 1.25 bits per heavy atom. The van der Waals surface area contributed by atoms with E-state index in [-0.39, 0.29) is 17.6 Å². The largest absolute Gasteiger partial charge is 0.431 e. The highest BCUT2D eigenvalue weighted by Crippen LogP contribution is 2.24. The number of aromatic nitrogens is 4. The molecular weight excluding hydrogens is 316 g/mol. The number of anilines is 1. The van der Waals surface area contributed by atoms with Crippen molar-refractivity contribution < 1.29 is 13.5 Å². The van der Waals surface area contributed by atoms with Crippen molar-refractivity contribution in [2.45, 2.75) is 33.0 Å². The third-order valence-corrected chi connectivity index (χ3v) is 3.43. The molecular formula is C16H17F2N5O. The van der Waals surface area contributed by atoms with E-state index in [1.54, 1.807) is 12.4 Å². The fourth-order valence-corrected chi connectivity index (χ4v) is 2.36.